The van der Waals surface area contributed by atoms with E-state index in [0.29, 0.717) is 12.6 Å². The number of amides is 1. The van der Waals surface area contributed by atoms with E-state index in [4.69, 9.17) is 0 Å². The van der Waals surface area contributed by atoms with Crippen molar-refractivity contribution < 1.29 is 22.0 Å². The molecule has 0 heterocycles. The third kappa shape index (κ3) is 5.36. The van der Waals surface area contributed by atoms with Gasteiger partial charge >= 0.3 is 5.76 Å². The molecule has 0 bridgehead atoms. The summed E-state index contributed by atoms with van der Waals surface area (Å²) < 4.78 is 48.0. The summed E-state index contributed by atoms with van der Waals surface area (Å²) in [5.74, 6) is -3.90. The van der Waals surface area contributed by atoms with Gasteiger partial charge in [-0.25, -0.2) is 8.42 Å². The van der Waals surface area contributed by atoms with Crippen LogP contribution in [-0.4, -0.2) is 38.1 Å². The van der Waals surface area contributed by atoms with Crippen molar-refractivity contribution in [3.63, 3.8) is 0 Å². The number of hydrogen-bond donors (Lipinski definition) is 1. The molecular formula is C20H24F2N2O3S. The molecule has 0 spiro atoms. The summed E-state index contributed by atoms with van der Waals surface area (Å²) in [6.45, 7) is 5.24. The van der Waals surface area contributed by atoms with Gasteiger partial charge in [-0.1, -0.05) is 24.3 Å². The molecule has 0 aliphatic carbocycles. The standard InChI is InChI=1S/C20H24F2N2O3S/c1-14(2)24(3)13-17-7-5-4-6-16(17)12-23-19(25)15-8-10-18(11-9-15)28(26,27)20(21)22/h4-11,14,20H,12-13H2,1-3H3,(H,23,25). The van der Waals surface area contributed by atoms with Gasteiger partial charge in [0.1, 0.15) is 0 Å². The maximum Gasteiger partial charge on any atom is 0.341 e. The Kier molecular flexibility index (Phi) is 7.26. The fraction of sp³-hybridized carbons (Fsp3) is 0.350. The van der Waals surface area contributed by atoms with E-state index >= 15 is 0 Å². The largest absolute Gasteiger partial charge is 0.348 e. The van der Waals surface area contributed by atoms with Crippen LogP contribution in [0, 0.1) is 0 Å². The highest BCUT2D eigenvalue weighted by atomic mass is 32.2. The lowest BCUT2D eigenvalue weighted by molar-refractivity contribution is 0.0950. The average Bonchev–Trinajstić information content (AvgIpc) is 2.66. The van der Waals surface area contributed by atoms with Crippen molar-refractivity contribution in [2.75, 3.05) is 7.05 Å². The Morgan fingerprint density at radius 3 is 2.14 bits per heavy atom. The molecular weight excluding hydrogens is 386 g/mol. The Labute approximate surface area is 164 Å². The summed E-state index contributed by atoms with van der Waals surface area (Å²) in [6, 6.07) is 12.6. The maximum absolute atomic E-state index is 12.6. The summed E-state index contributed by atoms with van der Waals surface area (Å²) in [5, 5.41) is 2.78. The molecule has 8 heteroatoms. The molecule has 0 fully saturated rings. The first-order chi connectivity index (χ1) is 13.1. The lowest BCUT2D eigenvalue weighted by Gasteiger charge is -2.22. The first-order valence-corrected chi connectivity index (χ1v) is 10.3. The molecule has 1 amide bonds. The number of hydrogen-bond acceptors (Lipinski definition) is 4. The third-order valence-corrected chi connectivity index (χ3v) is 5.94. The maximum atomic E-state index is 12.6. The Hall–Kier alpha value is -2.32. The molecule has 0 unspecified atom stereocenters. The highest BCUT2D eigenvalue weighted by molar-refractivity contribution is 7.91. The first-order valence-electron chi connectivity index (χ1n) is 8.80. The molecule has 0 radical (unpaired) electrons. The van der Waals surface area contributed by atoms with Crippen LogP contribution in [0.3, 0.4) is 0 Å². The van der Waals surface area contributed by atoms with Crippen LogP contribution in [0.2, 0.25) is 0 Å². The number of halogens is 2. The smallest absolute Gasteiger partial charge is 0.341 e. The van der Waals surface area contributed by atoms with E-state index in [0.717, 1.165) is 29.8 Å². The lowest BCUT2D eigenvalue weighted by Crippen LogP contribution is -2.27. The molecule has 2 aromatic rings. The average molecular weight is 410 g/mol. The van der Waals surface area contributed by atoms with Crippen LogP contribution >= 0.6 is 0 Å². The van der Waals surface area contributed by atoms with Crippen LogP contribution in [0.15, 0.2) is 53.4 Å². The van der Waals surface area contributed by atoms with Gasteiger partial charge in [0.2, 0.25) is 9.84 Å². The van der Waals surface area contributed by atoms with Crippen LogP contribution in [0.4, 0.5) is 8.78 Å². The number of rotatable bonds is 8. The van der Waals surface area contributed by atoms with Gasteiger partial charge in [-0.3, -0.25) is 9.69 Å². The van der Waals surface area contributed by atoms with Gasteiger partial charge in [0, 0.05) is 24.7 Å². The second-order valence-corrected chi connectivity index (χ2v) is 8.71. The van der Waals surface area contributed by atoms with Crippen LogP contribution in [0.1, 0.15) is 35.3 Å². The van der Waals surface area contributed by atoms with E-state index in [1.807, 2.05) is 31.3 Å². The Morgan fingerprint density at radius 1 is 1.04 bits per heavy atom. The van der Waals surface area contributed by atoms with Gasteiger partial charge in [0.15, 0.2) is 0 Å². The molecule has 5 nitrogen and oxygen atoms in total. The molecule has 0 aliphatic heterocycles. The van der Waals surface area contributed by atoms with Crippen LogP contribution < -0.4 is 5.32 Å². The number of sulfone groups is 1. The quantitative estimate of drug-likeness (QED) is 0.724. The molecule has 0 saturated heterocycles. The minimum atomic E-state index is -4.67. The minimum absolute atomic E-state index is 0.199. The predicted molar refractivity (Wildman–Crippen MR) is 104 cm³/mol. The number of benzene rings is 2. The van der Waals surface area contributed by atoms with Gasteiger partial charge in [-0.15, -0.1) is 0 Å². The van der Waals surface area contributed by atoms with Crippen molar-refractivity contribution in [3.8, 4) is 0 Å². The molecule has 0 atom stereocenters. The van der Waals surface area contributed by atoms with E-state index in [-0.39, 0.29) is 5.56 Å². The zero-order chi connectivity index (χ0) is 20.9. The zero-order valence-electron chi connectivity index (χ0n) is 16.0. The van der Waals surface area contributed by atoms with E-state index in [1.54, 1.807) is 0 Å². The second kappa shape index (κ2) is 9.25. The van der Waals surface area contributed by atoms with Crippen molar-refractivity contribution in [1.29, 1.82) is 0 Å². The van der Waals surface area contributed by atoms with Crippen LogP contribution in [0.25, 0.3) is 0 Å². The van der Waals surface area contributed by atoms with Crippen molar-refractivity contribution in [2.24, 2.45) is 0 Å². The fourth-order valence-electron chi connectivity index (χ4n) is 2.51. The predicted octanol–water partition coefficient (Wildman–Crippen LogP) is 3.45. The van der Waals surface area contributed by atoms with Gasteiger partial charge in [0.05, 0.1) is 4.90 Å². The Bertz CT molecular complexity index is 913. The molecule has 2 aromatic carbocycles. The van der Waals surface area contributed by atoms with Gasteiger partial charge in [-0.05, 0) is 56.3 Å². The highest BCUT2D eigenvalue weighted by Crippen LogP contribution is 2.19. The number of alkyl halides is 2. The van der Waals surface area contributed by atoms with E-state index in [9.17, 15) is 22.0 Å². The molecule has 1 N–H and O–H groups in total. The molecule has 0 aliphatic rings. The Morgan fingerprint density at radius 2 is 1.61 bits per heavy atom. The number of nitrogens with zero attached hydrogens (tertiary/aromatic N) is 1. The summed E-state index contributed by atoms with van der Waals surface area (Å²) in [4.78, 5) is 14.0. The van der Waals surface area contributed by atoms with Gasteiger partial charge in [-0.2, -0.15) is 8.78 Å². The molecule has 0 aromatic heterocycles. The van der Waals surface area contributed by atoms with Crippen molar-refractivity contribution in [2.45, 2.75) is 43.6 Å². The van der Waals surface area contributed by atoms with Gasteiger partial charge < -0.3 is 5.32 Å². The van der Waals surface area contributed by atoms with Crippen LogP contribution in [-0.2, 0) is 22.9 Å². The summed E-state index contributed by atoms with van der Waals surface area (Å²) in [5.41, 5.74) is 2.27. The molecule has 28 heavy (non-hydrogen) atoms. The van der Waals surface area contributed by atoms with Gasteiger partial charge in [0.25, 0.3) is 5.91 Å². The number of carbonyl (C=O) groups is 1. The van der Waals surface area contributed by atoms with E-state index in [2.05, 4.69) is 24.1 Å². The number of carbonyl (C=O) groups excluding carboxylic acids is 1. The molecule has 152 valence electrons. The zero-order valence-corrected chi connectivity index (χ0v) is 16.8. The highest BCUT2D eigenvalue weighted by Gasteiger charge is 2.26. The monoisotopic (exact) mass is 410 g/mol. The minimum Gasteiger partial charge on any atom is -0.348 e. The Balaban J connectivity index is 2.07. The topological polar surface area (TPSA) is 66.5 Å². The molecule has 0 saturated carbocycles. The van der Waals surface area contributed by atoms with E-state index in [1.165, 1.54) is 12.1 Å². The van der Waals surface area contributed by atoms with Crippen molar-refractivity contribution in [1.82, 2.24) is 10.2 Å². The van der Waals surface area contributed by atoms with Crippen LogP contribution in [0.5, 0.6) is 0 Å². The number of nitrogens with one attached hydrogen (secondary N) is 1. The second-order valence-electron chi connectivity index (χ2n) is 6.79. The third-order valence-electron chi connectivity index (χ3n) is 4.54. The summed E-state index contributed by atoms with van der Waals surface area (Å²) in [7, 11) is -2.65. The summed E-state index contributed by atoms with van der Waals surface area (Å²) in [6.07, 6.45) is 0. The lowest BCUT2D eigenvalue weighted by atomic mass is 10.1. The van der Waals surface area contributed by atoms with Crippen molar-refractivity contribution >= 4 is 15.7 Å². The SMILES string of the molecule is CC(C)N(C)Cc1ccccc1CNC(=O)c1ccc(S(=O)(=O)C(F)F)cc1. The fourth-order valence-corrected chi connectivity index (χ4v) is 3.23. The molecule has 2 rings (SSSR count). The summed E-state index contributed by atoms with van der Waals surface area (Å²) >= 11 is 0. The first kappa shape index (κ1) is 22.0. The normalized spacial score (nSPS) is 12.0. The van der Waals surface area contributed by atoms with E-state index < -0.39 is 26.4 Å². The van der Waals surface area contributed by atoms with Crippen molar-refractivity contribution in [3.05, 3.63) is 65.2 Å².